The summed E-state index contributed by atoms with van der Waals surface area (Å²) < 4.78 is 0. The van der Waals surface area contributed by atoms with Gasteiger partial charge in [0.2, 0.25) is 0 Å². The normalized spacial score (nSPS) is 12.8. The Kier molecular flexibility index (Phi) is 3.45. The minimum Gasteiger partial charge on any atom is -0.352 e. The molecule has 1 aliphatic heterocycles. The topological polar surface area (TPSA) is 40.5 Å². The molecule has 0 saturated carbocycles. The number of benzene rings is 2. The van der Waals surface area contributed by atoms with E-state index in [4.69, 9.17) is 0 Å². The van der Waals surface area contributed by atoms with Gasteiger partial charge < -0.3 is 4.98 Å². The van der Waals surface area contributed by atoms with Crippen molar-refractivity contribution in [2.75, 3.05) is 0 Å². The molecule has 1 aliphatic rings. The van der Waals surface area contributed by atoms with Gasteiger partial charge in [-0.05, 0) is 23.3 Å². The van der Waals surface area contributed by atoms with E-state index < -0.39 is 0 Å². The maximum atomic E-state index is 4.25. The molecule has 110 valence electrons. The van der Waals surface area contributed by atoms with E-state index in [0.29, 0.717) is 0 Å². The molecule has 2 aromatic carbocycles. The molecule has 0 bridgehead atoms. The van der Waals surface area contributed by atoms with Gasteiger partial charge in [-0.1, -0.05) is 60.7 Å². The summed E-state index contributed by atoms with van der Waals surface area (Å²) in [7, 11) is 0. The maximum absolute atomic E-state index is 4.25. The molecule has 1 aromatic heterocycles. The van der Waals surface area contributed by atoms with Crippen molar-refractivity contribution in [2.45, 2.75) is 0 Å². The van der Waals surface area contributed by atoms with Crippen LogP contribution in [0.2, 0.25) is 0 Å². The van der Waals surface area contributed by atoms with E-state index in [1.807, 2.05) is 18.2 Å². The molecular formula is C20H15N3. The Bertz CT molecular complexity index is 938. The van der Waals surface area contributed by atoms with Gasteiger partial charge in [-0.15, -0.1) is 0 Å². The first-order valence-electron chi connectivity index (χ1n) is 7.53. The fourth-order valence-electron chi connectivity index (χ4n) is 2.74. The first-order valence-corrected chi connectivity index (χ1v) is 7.53. The Morgan fingerprint density at radius 3 is 1.78 bits per heavy atom. The van der Waals surface area contributed by atoms with Crippen molar-refractivity contribution in [1.29, 1.82) is 0 Å². The van der Waals surface area contributed by atoms with Gasteiger partial charge in [0.1, 0.15) is 0 Å². The molecule has 1 N–H and O–H groups in total. The van der Waals surface area contributed by atoms with Crippen LogP contribution in [0.3, 0.4) is 0 Å². The van der Waals surface area contributed by atoms with Crippen LogP contribution in [0.4, 0.5) is 0 Å². The van der Waals surface area contributed by atoms with E-state index in [2.05, 4.69) is 69.6 Å². The SMILES string of the molecule is C1=NC(=c2ccc(=C(c3ccccc3)c3ccccc3)[nH]2)N=C1. The molecule has 3 heteroatoms. The lowest BCUT2D eigenvalue weighted by Crippen LogP contribution is -2.15. The number of H-pyrrole nitrogens is 1. The zero-order valence-corrected chi connectivity index (χ0v) is 12.5. The average Bonchev–Trinajstić information content (AvgIpc) is 3.29. The summed E-state index contributed by atoms with van der Waals surface area (Å²) in [5.41, 5.74) is 3.52. The van der Waals surface area contributed by atoms with Gasteiger partial charge in [0.05, 0.1) is 5.35 Å². The van der Waals surface area contributed by atoms with Crippen LogP contribution in [0.15, 0.2) is 82.8 Å². The first-order chi connectivity index (χ1) is 11.4. The largest absolute Gasteiger partial charge is 0.352 e. The van der Waals surface area contributed by atoms with Gasteiger partial charge in [0.15, 0.2) is 5.82 Å². The van der Waals surface area contributed by atoms with Crippen LogP contribution in [-0.4, -0.2) is 17.4 Å². The molecule has 0 spiro atoms. The highest BCUT2D eigenvalue weighted by Gasteiger charge is 2.07. The summed E-state index contributed by atoms with van der Waals surface area (Å²) in [5, 5.41) is 1.98. The van der Waals surface area contributed by atoms with Crippen LogP contribution in [0.5, 0.6) is 0 Å². The lowest BCUT2D eigenvalue weighted by atomic mass is 9.98. The van der Waals surface area contributed by atoms with Gasteiger partial charge in [-0.25, -0.2) is 9.98 Å². The van der Waals surface area contributed by atoms with Crippen molar-refractivity contribution >= 4 is 23.8 Å². The molecule has 0 fully saturated rings. The standard InChI is InChI=1S/C20H15N3/c1-3-7-15(8-4-1)19(16-9-5-2-6-10-16)17-11-12-18(23-17)20-21-13-14-22-20/h1-14,23H. The molecule has 3 aromatic rings. The van der Waals surface area contributed by atoms with Gasteiger partial charge in [0, 0.05) is 23.4 Å². The number of aromatic amines is 1. The number of hydrogen-bond acceptors (Lipinski definition) is 2. The third-order valence-electron chi connectivity index (χ3n) is 3.78. The Hall–Kier alpha value is -3.20. The highest BCUT2D eigenvalue weighted by Crippen LogP contribution is 2.19. The number of aliphatic imine (C=N–C) groups is 2. The monoisotopic (exact) mass is 297 g/mol. The summed E-state index contributed by atoms with van der Waals surface area (Å²) in [6.45, 7) is 0. The second-order valence-corrected chi connectivity index (χ2v) is 5.27. The van der Waals surface area contributed by atoms with Crippen LogP contribution in [0, 0.1) is 0 Å². The Morgan fingerprint density at radius 1 is 0.652 bits per heavy atom. The minimum atomic E-state index is 0.719. The smallest absolute Gasteiger partial charge is 0.175 e. The van der Waals surface area contributed by atoms with Crippen molar-refractivity contribution in [1.82, 2.24) is 4.98 Å². The van der Waals surface area contributed by atoms with Gasteiger partial charge in [-0.3, -0.25) is 0 Å². The fourth-order valence-corrected chi connectivity index (χ4v) is 2.74. The van der Waals surface area contributed by atoms with E-state index >= 15 is 0 Å². The molecular weight excluding hydrogens is 282 g/mol. The van der Waals surface area contributed by atoms with Crippen LogP contribution >= 0.6 is 0 Å². The van der Waals surface area contributed by atoms with E-state index in [1.165, 1.54) is 16.7 Å². The zero-order valence-electron chi connectivity index (χ0n) is 12.5. The molecule has 0 saturated heterocycles. The molecule has 4 rings (SSSR count). The molecule has 0 atom stereocenters. The Morgan fingerprint density at radius 2 is 1.22 bits per heavy atom. The van der Waals surface area contributed by atoms with Crippen molar-refractivity contribution in [3.63, 3.8) is 0 Å². The van der Waals surface area contributed by atoms with Crippen LogP contribution in [-0.2, 0) is 0 Å². The molecule has 2 heterocycles. The van der Waals surface area contributed by atoms with E-state index in [0.717, 1.165) is 16.5 Å². The number of aromatic nitrogens is 1. The van der Waals surface area contributed by atoms with Crippen molar-refractivity contribution in [3.05, 3.63) is 94.6 Å². The van der Waals surface area contributed by atoms with Crippen molar-refractivity contribution in [2.24, 2.45) is 9.98 Å². The predicted molar refractivity (Wildman–Crippen MR) is 94.9 cm³/mol. The molecule has 0 radical (unpaired) electrons. The second-order valence-electron chi connectivity index (χ2n) is 5.27. The summed E-state index contributed by atoms with van der Waals surface area (Å²) in [5.74, 6) is 0.719. The highest BCUT2D eigenvalue weighted by atomic mass is 15.0. The average molecular weight is 297 g/mol. The van der Waals surface area contributed by atoms with E-state index in [-0.39, 0.29) is 0 Å². The van der Waals surface area contributed by atoms with Crippen LogP contribution in [0.25, 0.3) is 11.4 Å². The molecule has 0 unspecified atom stereocenters. The van der Waals surface area contributed by atoms with E-state index in [9.17, 15) is 0 Å². The van der Waals surface area contributed by atoms with Gasteiger partial charge in [0.25, 0.3) is 0 Å². The number of nitrogens with zero attached hydrogens (tertiary/aromatic N) is 2. The Balaban J connectivity index is 2.01. The second kappa shape index (κ2) is 5.89. The quantitative estimate of drug-likeness (QED) is 0.755. The molecule has 0 amide bonds. The van der Waals surface area contributed by atoms with Gasteiger partial charge in [-0.2, -0.15) is 0 Å². The highest BCUT2D eigenvalue weighted by molar-refractivity contribution is 6.20. The number of rotatable bonds is 2. The lowest BCUT2D eigenvalue weighted by Gasteiger charge is -2.07. The molecule has 23 heavy (non-hydrogen) atoms. The van der Waals surface area contributed by atoms with Crippen LogP contribution in [0.1, 0.15) is 11.1 Å². The van der Waals surface area contributed by atoms with Crippen molar-refractivity contribution < 1.29 is 0 Å². The molecule has 3 nitrogen and oxygen atoms in total. The first kappa shape index (κ1) is 13.5. The summed E-state index contributed by atoms with van der Waals surface area (Å²) >= 11 is 0. The zero-order chi connectivity index (χ0) is 15.5. The lowest BCUT2D eigenvalue weighted by molar-refractivity contribution is 1.22. The summed E-state index contributed by atoms with van der Waals surface area (Å²) in [4.78, 5) is 12.0. The maximum Gasteiger partial charge on any atom is 0.175 e. The number of hydrogen-bond donors (Lipinski definition) is 1. The fraction of sp³-hybridized carbons (Fsp3) is 0. The predicted octanol–water partition coefficient (Wildman–Crippen LogP) is 2.48. The summed E-state index contributed by atoms with van der Waals surface area (Å²) in [6.07, 6.45) is 3.41. The molecule has 0 aliphatic carbocycles. The van der Waals surface area contributed by atoms with Crippen LogP contribution < -0.4 is 10.7 Å². The van der Waals surface area contributed by atoms with Crippen molar-refractivity contribution in [3.8, 4) is 0 Å². The third kappa shape index (κ3) is 2.64. The van der Waals surface area contributed by atoms with E-state index in [1.54, 1.807) is 12.4 Å². The summed E-state index contributed by atoms with van der Waals surface area (Å²) in [6, 6.07) is 24.9. The third-order valence-corrected chi connectivity index (χ3v) is 3.78. The number of nitrogens with one attached hydrogen (secondary N) is 1. The Labute approximate surface area is 134 Å². The minimum absolute atomic E-state index is 0.719. The van der Waals surface area contributed by atoms with Gasteiger partial charge >= 0.3 is 0 Å².